The summed E-state index contributed by atoms with van der Waals surface area (Å²) in [4.78, 5) is 14.9. The smallest absolute Gasteiger partial charge is 0.220 e. The lowest BCUT2D eigenvalue weighted by molar-refractivity contribution is -0.121. The first-order chi connectivity index (χ1) is 13.7. The van der Waals surface area contributed by atoms with Crippen LogP contribution in [0.1, 0.15) is 36.4 Å². The largest absolute Gasteiger partial charge is 0.497 e. The number of aryl methyl sites for hydroxylation is 1. The molecule has 1 aliphatic heterocycles. The molecule has 2 aromatic rings. The van der Waals surface area contributed by atoms with Gasteiger partial charge in [0, 0.05) is 13.0 Å². The molecular formula is C23H30N2O3. The number of nitrogens with zero attached hydrogens (tertiary/aromatic N) is 1. The Morgan fingerprint density at radius 3 is 2.43 bits per heavy atom. The lowest BCUT2D eigenvalue weighted by Crippen LogP contribution is -2.36. The van der Waals surface area contributed by atoms with E-state index in [1.54, 1.807) is 14.2 Å². The minimum Gasteiger partial charge on any atom is -0.497 e. The molecule has 3 rings (SSSR count). The Morgan fingerprint density at radius 2 is 1.75 bits per heavy atom. The topological polar surface area (TPSA) is 50.8 Å². The highest BCUT2D eigenvalue weighted by Gasteiger charge is 2.24. The minimum absolute atomic E-state index is 0.0728. The molecule has 0 spiro atoms. The Bertz CT molecular complexity index is 755. The van der Waals surface area contributed by atoms with Crippen LogP contribution >= 0.6 is 0 Å². The number of para-hydroxylation sites is 1. The summed E-state index contributed by atoms with van der Waals surface area (Å²) in [6.45, 7) is 2.78. The maximum atomic E-state index is 12.5. The fourth-order valence-electron chi connectivity index (χ4n) is 3.79. The molecule has 1 saturated heterocycles. The first kappa shape index (κ1) is 20.2. The van der Waals surface area contributed by atoms with Gasteiger partial charge in [0.15, 0.2) is 0 Å². The Labute approximate surface area is 167 Å². The summed E-state index contributed by atoms with van der Waals surface area (Å²) < 4.78 is 10.6. The fourth-order valence-corrected chi connectivity index (χ4v) is 3.79. The van der Waals surface area contributed by atoms with E-state index in [1.807, 2.05) is 36.4 Å². The van der Waals surface area contributed by atoms with Gasteiger partial charge in [-0.25, -0.2) is 0 Å². The van der Waals surface area contributed by atoms with Gasteiger partial charge in [-0.2, -0.15) is 0 Å². The molecule has 0 aliphatic carbocycles. The Morgan fingerprint density at radius 1 is 1.04 bits per heavy atom. The van der Waals surface area contributed by atoms with Crippen LogP contribution in [0.5, 0.6) is 11.5 Å². The molecule has 1 heterocycles. The Balaban J connectivity index is 1.58. The van der Waals surface area contributed by atoms with Crippen LogP contribution in [-0.2, 0) is 11.2 Å². The van der Waals surface area contributed by atoms with Gasteiger partial charge in [-0.1, -0.05) is 30.3 Å². The first-order valence-corrected chi connectivity index (χ1v) is 9.98. The molecule has 1 unspecified atom stereocenters. The van der Waals surface area contributed by atoms with Gasteiger partial charge in [-0.15, -0.1) is 0 Å². The van der Waals surface area contributed by atoms with Crippen molar-refractivity contribution in [2.24, 2.45) is 0 Å². The molecule has 0 bridgehead atoms. The number of hydrogen-bond acceptors (Lipinski definition) is 4. The third kappa shape index (κ3) is 5.26. The lowest BCUT2D eigenvalue weighted by atomic mass is 10.0. The van der Waals surface area contributed by atoms with Crippen molar-refractivity contribution in [2.45, 2.75) is 31.7 Å². The average molecular weight is 383 g/mol. The highest BCUT2D eigenvalue weighted by molar-refractivity contribution is 5.76. The number of carbonyl (C=O) groups excluding carboxylic acids is 1. The number of methoxy groups -OCH3 is 2. The highest BCUT2D eigenvalue weighted by atomic mass is 16.5. The third-order valence-electron chi connectivity index (χ3n) is 5.39. The molecule has 150 valence electrons. The van der Waals surface area contributed by atoms with Crippen molar-refractivity contribution in [3.63, 3.8) is 0 Å². The fraction of sp³-hybridized carbons (Fsp3) is 0.435. The summed E-state index contributed by atoms with van der Waals surface area (Å²) in [5.74, 6) is 1.76. The molecule has 0 aromatic heterocycles. The van der Waals surface area contributed by atoms with Crippen molar-refractivity contribution >= 4 is 5.91 Å². The molecular weight excluding hydrogens is 352 g/mol. The number of rotatable bonds is 9. The van der Waals surface area contributed by atoms with Crippen molar-refractivity contribution in [3.8, 4) is 11.5 Å². The van der Waals surface area contributed by atoms with E-state index in [9.17, 15) is 4.79 Å². The van der Waals surface area contributed by atoms with Gasteiger partial charge < -0.3 is 14.8 Å². The maximum absolute atomic E-state index is 12.5. The van der Waals surface area contributed by atoms with E-state index >= 15 is 0 Å². The van der Waals surface area contributed by atoms with Crippen LogP contribution in [0.4, 0.5) is 0 Å². The van der Waals surface area contributed by atoms with Crippen molar-refractivity contribution in [1.29, 1.82) is 0 Å². The number of ether oxygens (including phenoxy) is 2. The lowest BCUT2D eigenvalue weighted by Gasteiger charge is -2.28. The van der Waals surface area contributed by atoms with Crippen LogP contribution in [0, 0.1) is 0 Å². The number of amides is 1. The van der Waals surface area contributed by atoms with Crippen molar-refractivity contribution < 1.29 is 14.3 Å². The standard InChI is InChI=1S/C23H30N2O3/c1-27-20-12-9-18(10-13-20)21(25-15-5-6-16-25)17-24-23(26)14-11-19-7-3-4-8-22(19)28-2/h3-4,7-10,12-13,21H,5-6,11,14-17H2,1-2H3,(H,24,26). The molecule has 1 atom stereocenters. The second-order valence-corrected chi connectivity index (χ2v) is 7.15. The molecule has 5 nitrogen and oxygen atoms in total. The number of benzene rings is 2. The molecule has 2 aromatic carbocycles. The molecule has 0 radical (unpaired) electrons. The number of nitrogens with one attached hydrogen (secondary N) is 1. The number of carbonyl (C=O) groups is 1. The van der Waals surface area contributed by atoms with E-state index in [0.717, 1.165) is 30.2 Å². The minimum atomic E-state index is 0.0728. The SMILES string of the molecule is COc1ccc(C(CNC(=O)CCc2ccccc2OC)N2CCCC2)cc1. The molecule has 1 amide bonds. The normalized spacial score (nSPS) is 15.2. The Kier molecular flexibility index (Phi) is 7.31. The van der Waals surface area contributed by atoms with Gasteiger partial charge in [0.05, 0.1) is 20.3 Å². The molecule has 28 heavy (non-hydrogen) atoms. The van der Waals surface area contributed by atoms with Crippen LogP contribution in [0.3, 0.4) is 0 Å². The average Bonchev–Trinajstić information content (AvgIpc) is 3.27. The van der Waals surface area contributed by atoms with E-state index < -0.39 is 0 Å². The highest BCUT2D eigenvalue weighted by Crippen LogP contribution is 2.26. The van der Waals surface area contributed by atoms with Crippen LogP contribution in [0.25, 0.3) is 0 Å². The van der Waals surface area contributed by atoms with Crippen LogP contribution in [-0.4, -0.2) is 44.7 Å². The molecule has 1 fully saturated rings. The maximum Gasteiger partial charge on any atom is 0.220 e. The first-order valence-electron chi connectivity index (χ1n) is 9.98. The van der Waals surface area contributed by atoms with Gasteiger partial charge in [0.1, 0.15) is 11.5 Å². The van der Waals surface area contributed by atoms with E-state index in [-0.39, 0.29) is 11.9 Å². The second kappa shape index (κ2) is 10.1. The predicted molar refractivity (Wildman–Crippen MR) is 111 cm³/mol. The van der Waals surface area contributed by atoms with Gasteiger partial charge in [-0.05, 0) is 61.7 Å². The Hall–Kier alpha value is -2.53. The van der Waals surface area contributed by atoms with E-state index in [2.05, 4.69) is 22.3 Å². The van der Waals surface area contributed by atoms with Gasteiger partial charge in [0.25, 0.3) is 0 Å². The zero-order valence-corrected chi connectivity index (χ0v) is 16.8. The van der Waals surface area contributed by atoms with E-state index in [4.69, 9.17) is 9.47 Å². The van der Waals surface area contributed by atoms with Crippen molar-refractivity contribution in [2.75, 3.05) is 33.9 Å². The summed E-state index contributed by atoms with van der Waals surface area (Å²) in [5, 5.41) is 3.14. The summed E-state index contributed by atoms with van der Waals surface area (Å²) in [7, 11) is 3.34. The summed E-state index contributed by atoms with van der Waals surface area (Å²) in [5.41, 5.74) is 2.28. The molecule has 5 heteroatoms. The monoisotopic (exact) mass is 382 g/mol. The molecule has 0 saturated carbocycles. The summed E-state index contributed by atoms with van der Waals surface area (Å²) in [6.07, 6.45) is 3.56. The van der Waals surface area contributed by atoms with E-state index in [0.29, 0.717) is 19.4 Å². The van der Waals surface area contributed by atoms with Crippen LogP contribution < -0.4 is 14.8 Å². The second-order valence-electron chi connectivity index (χ2n) is 7.15. The zero-order chi connectivity index (χ0) is 19.8. The van der Waals surface area contributed by atoms with Gasteiger partial charge >= 0.3 is 0 Å². The predicted octanol–water partition coefficient (Wildman–Crippen LogP) is 3.59. The third-order valence-corrected chi connectivity index (χ3v) is 5.39. The molecule has 1 aliphatic rings. The van der Waals surface area contributed by atoms with E-state index in [1.165, 1.54) is 18.4 Å². The van der Waals surface area contributed by atoms with Crippen LogP contribution in [0.2, 0.25) is 0 Å². The zero-order valence-electron chi connectivity index (χ0n) is 16.8. The molecule has 1 N–H and O–H groups in total. The van der Waals surface area contributed by atoms with Crippen LogP contribution in [0.15, 0.2) is 48.5 Å². The summed E-state index contributed by atoms with van der Waals surface area (Å²) >= 11 is 0. The quantitative estimate of drug-likeness (QED) is 0.720. The van der Waals surface area contributed by atoms with Crippen molar-refractivity contribution in [1.82, 2.24) is 10.2 Å². The van der Waals surface area contributed by atoms with Gasteiger partial charge in [-0.3, -0.25) is 9.69 Å². The summed E-state index contributed by atoms with van der Waals surface area (Å²) in [6, 6.07) is 16.2. The number of hydrogen-bond donors (Lipinski definition) is 1. The van der Waals surface area contributed by atoms with Crippen molar-refractivity contribution in [3.05, 3.63) is 59.7 Å². The number of likely N-dealkylation sites (tertiary alicyclic amines) is 1. The van der Waals surface area contributed by atoms with Gasteiger partial charge in [0.2, 0.25) is 5.91 Å².